The number of aliphatic hydroxyl groups is 3. The second-order valence-electron chi connectivity index (χ2n) is 7.93. The number of anilines is 2. The second-order valence-corrected chi connectivity index (χ2v) is 7.93. The zero-order valence-corrected chi connectivity index (χ0v) is 18.1. The van der Waals surface area contributed by atoms with E-state index in [1.165, 1.54) is 36.6 Å². The molecule has 11 heteroatoms. The molecule has 1 fully saturated rings. The molecule has 172 valence electrons. The van der Waals surface area contributed by atoms with Gasteiger partial charge in [0.1, 0.15) is 23.8 Å². The van der Waals surface area contributed by atoms with E-state index in [-0.39, 0.29) is 11.8 Å². The van der Waals surface area contributed by atoms with Crippen molar-refractivity contribution in [3.05, 3.63) is 6.33 Å². The monoisotopic (exact) mass is 435 g/mol. The van der Waals surface area contributed by atoms with Crippen molar-refractivity contribution in [2.24, 2.45) is 11.0 Å². The van der Waals surface area contributed by atoms with Gasteiger partial charge >= 0.3 is 0 Å². The van der Waals surface area contributed by atoms with Gasteiger partial charge in [0.2, 0.25) is 5.95 Å². The van der Waals surface area contributed by atoms with Gasteiger partial charge in [-0.05, 0) is 18.8 Å². The first-order valence-electron chi connectivity index (χ1n) is 10.9. The minimum absolute atomic E-state index is 0.152. The molecular formula is C20H33N7O4. The molecule has 1 saturated heterocycles. The van der Waals surface area contributed by atoms with Crippen molar-refractivity contribution in [2.75, 3.05) is 17.8 Å². The maximum atomic E-state index is 10.3. The van der Waals surface area contributed by atoms with Crippen LogP contribution in [0.15, 0.2) is 11.4 Å². The summed E-state index contributed by atoms with van der Waals surface area (Å²) >= 11 is 0. The van der Waals surface area contributed by atoms with E-state index >= 15 is 0 Å². The van der Waals surface area contributed by atoms with Crippen LogP contribution >= 0.6 is 0 Å². The Morgan fingerprint density at radius 1 is 1.23 bits per heavy atom. The van der Waals surface area contributed by atoms with Crippen LogP contribution in [0.4, 0.5) is 11.8 Å². The van der Waals surface area contributed by atoms with Gasteiger partial charge in [-0.3, -0.25) is 4.57 Å². The van der Waals surface area contributed by atoms with Crippen molar-refractivity contribution < 1.29 is 20.1 Å². The molecule has 1 aliphatic heterocycles. The average Bonchev–Trinajstić information content (AvgIpc) is 3.29. The normalized spacial score (nSPS) is 24.1. The summed E-state index contributed by atoms with van der Waals surface area (Å²) in [7, 11) is 0. The van der Waals surface area contributed by atoms with Crippen LogP contribution in [0.2, 0.25) is 0 Å². The number of rotatable bonds is 11. The number of nitrogens with zero attached hydrogens (tertiary/aromatic N) is 5. The Kier molecular flexibility index (Phi) is 8.13. The summed E-state index contributed by atoms with van der Waals surface area (Å²) in [5.74, 6) is 1.06. The number of imidazole rings is 1. The Morgan fingerprint density at radius 3 is 2.61 bits per heavy atom. The molecule has 0 bridgehead atoms. The third-order valence-electron chi connectivity index (χ3n) is 5.59. The van der Waals surface area contributed by atoms with Gasteiger partial charge in [-0.1, -0.05) is 39.5 Å². The average molecular weight is 436 g/mol. The van der Waals surface area contributed by atoms with E-state index in [0.29, 0.717) is 11.2 Å². The van der Waals surface area contributed by atoms with E-state index in [1.807, 2.05) is 6.21 Å². The Bertz CT molecular complexity index is 869. The van der Waals surface area contributed by atoms with Gasteiger partial charge in [0.15, 0.2) is 17.7 Å². The summed E-state index contributed by atoms with van der Waals surface area (Å²) in [4.78, 5) is 12.8. The maximum absolute atomic E-state index is 10.3. The zero-order valence-electron chi connectivity index (χ0n) is 18.1. The molecule has 31 heavy (non-hydrogen) atoms. The molecule has 3 heterocycles. The molecule has 0 spiro atoms. The van der Waals surface area contributed by atoms with E-state index < -0.39 is 31.1 Å². The summed E-state index contributed by atoms with van der Waals surface area (Å²) in [6.07, 6.45) is 5.68. The molecular weight excluding hydrogens is 402 g/mol. The highest BCUT2D eigenvalue weighted by molar-refractivity contribution is 5.83. The molecule has 0 aromatic carbocycles. The van der Waals surface area contributed by atoms with Crippen LogP contribution in [-0.4, -0.2) is 66.0 Å². The van der Waals surface area contributed by atoms with Crippen molar-refractivity contribution in [3.63, 3.8) is 0 Å². The fourth-order valence-corrected chi connectivity index (χ4v) is 4.01. The molecule has 2 aromatic rings. The Morgan fingerprint density at radius 2 is 1.97 bits per heavy atom. The van der Waals surface area contributed by atoms with Crippen LogP contribution in [0.5, 0.6) is 0 Å². The van der Waals surface area contributed by atoms with Gasteiger partial charge in [-0.25, -0.2) is 10.4 Å². The minimum atomic E-state index is -1.25. The van der Waals surface area contributed by atoms with Gasteiger partial charge in [0, 0.05) is 6.21 Å². The smallest absolute Gasteiger partial charge is 0.247 e. The maximum Gasteiger partial charge on any atom is 0.247 e. The molecule has 0 radical (unpaired) electrons. The summed E-state index contributed by atoms with van der Waals surface area (Å²) in [5.41, 5.74) is 9.47. The van der Waals surface area contributed by atoms with E-state index in [9.17, 15) is 15.3 Å². The number of nitrogen functional groups attached to an aromatic ring is 1. The van der Waals surface area contributed by atoms with Gasteiger partial charge in [0.05, 0.1) is 12.9 Å². The number of hydrazone groups is 1. The first kappa shape index (κ1) is 23.3. The number of aromatic nitrogens is 4. The molecule has 2 aromatic heterocycles. The summed E-state index contributed by atoms with van der Waals surface area (Å²) < 4.78 is 7.03. The van der Waals surface area contributed by atoms with Crippen molar-refractivity contribution in [2.45, 2.75) is 76.9 Å². The third kappa shape index (κ3) is 5.29. The standard InChI is InChI=1S/C20H33N7O4/c1-3-6-12(7-4-2)8-5-9-23-26-20-24-17(21)14-18(25-20)27(11-22-14)19-16(30)15(29)13(10-28)31-19/h9,11-13,15-16,19,28-30H,3-8,10H2,1-2H3,(H3,21,24,25,26)/b23-9-/t13-,15-,16-,19-/m1/s1. The molecule has 3 rings (SSSR count). The van der Waals surface area contributed by atoms with Crippen LogP contribution in [0.25, 0.3) is 11.2 Å². The third-order valence-corrected chi connectivity index (χ3v) is 5.59. The van der Waals surface area contributed by atoms with E-state index in [1.54, 1.807) is 0 Å². The SMILES string of the molecule is CCCC(CCC)CC/C=N\Nc1nc(N)c2ncn([C@@H]3O[C@H](CO)[C@@H](O)[C@H]3O)c2n1. The molecule has 0 amide bonds. The molecule has 1 aliphatic rings. The summed E-state index contributed by atoms with van der Waals surface area (Å²) in [6, 6.07) is 0. The van der Waals surface area contributed by atoms with Crippen LogP contribution in [-0.2, 0) is 4.74 Å². The highest BCUT2D eigenvalue weighted by Gasteiger charge is 2.44. The quantitative estimate of drug-likeness (QED) is 0.259. The van der Waals surface area contributed by atoms with Crippen LogP contribution in [0.1, 0.15) is 58.6 Å². The molecule has 6 N–H and O–H groups in total. The molecule has 11 nitrogen and oxygen atoms in total. The summed E-state index contributed by atoms with van der Waals surface area (Å²) in [5, 5.41) is 33.8. The lowest BCUT2D eigenvalue weighted by atomic mass is 9.94. The number of fused-ring (bicyclic) bond motifs is 1. The van der Waals surface area contributed by atoms with E-state index in [4.69, 9.17) is 10.5 Å². The minimum Gasteiger partial charge on any atom is -0.394 e. The highest BCUT2D eigenvalue weighted by Crippen LogP contribution is 2.32. The van der Waals surface area contributed by atoms with Crippen molar-refractivity contribution in [1.29, 1.82) is 0 Å². The number of hydrogen-bond acceptors (Lipinski definition) is 10. The van der Waals surface area contributed by atoms with Crippen molar-refractivity contribution in [1.82, 2.24) is 19.5 Å². The first-order chi connectivity index (χ1) is 15.0. The Balaban J connectivity index is 1.70. The van der Waals surface area contributed by atoms with Crippen molar-refractivity contribution in [3.8, 4) is 0 Å². The molecule has 0 unspecified atom stereocenters. The van der Waals surface area contributed by atoms with Gasteiger partial charge in [-0.15, -0.1) is 0 Å². The predicted molar refractivity (Wildman–Crippen MR) is 117 cm³/mol. The first-order valence-corrected chi connectivity index (χ1v) is 10.9. The van der Waals surface area contributed by atoms with Crippen molar-refractivity contribution >= 4 is 29.1 Å². The predicted octanol–water partition coefficient (Wildman–Crippen LogP) is 1.41. The van der Waals surface area contributed by atoms with E-state index in [0.717, 1.165) is 18.8 Å². The topological polar surface area (TPSA) is 164 Å². The van der Waals surface area contributed by atoms with Gasteiger partial charge in [-0.2, -0.15) is 15.1 Å². The lowest BCUT2D eigenvalue weighted by Crippen LogP contribution is -2.33. The number of aliphatic hydroxyl groups excluding tert-OH is 3. The van der Waals surface area contributed by atoms with Crippen LogP contribution in [0, 0.1) is 5.92 Å². The number of nitrogens with two attached hydrogens (primary N) is 1. The molecule has 0 saturated carbocycles. The number of hydrogen-bond donors (Lipinski definition) is 5. The zero-order chi connectivity index (χ0) is 22.4. The second kappa shape index (κ2) is 10.8. The fraction of sp³-hybridized carbons (Fsp3) is 0.700. The summed E-state index contributed by atoms with van der Waals surface area (Å²) in [6.45, 7) is 4.00. The largest absolute Gasteiger partial charge is 0.394 e. The lowest BCUT2D eigenvalue weighted by molar-refractivity contribution is -0.0511. The van der Waals surface area contributed by atoms with Gasteiger partial charge < -0.3 is 25.8 Å². The number of ether oxygens (including phenoxy) is 1. The Hall–Kier alpha value is -2.34. The Labute approximate surface area is 181 Å². The van der Waals surface area contributed by atoms with Gasteiger partial charge in [0.25, 0.3) is 0 Å². The molecule has 0 aliphatic carbocycles. The van der Waals surface area contributed by atoms with Crippen LogP contribution in [0.3, 0.4) is 0 Å². The molecule has 4 atom stereocenters. The highest BCUT2D eigenvalue weighted by atomic mass is 16.6. The van der Waals surface area contributed by atoms with Crippen LogP contribution < -0.4 is 11.2 Å². The number of nitrogens with one attached hydrogen (secondary N) is 1. The van der Waals surface area contributed by atoms with E-state index in [2.05, 4.69) is 39.3 Å². The lowest BCUT2D eigenvalue weighted by Gasteiger charge is -2.16. The fourth-order valence-electron chi connectivity index (χ4n) is 4.01.